The molecule has 6 rings (SSSR count). The SMILES string of the molecule is Cc1noc(C)c1C(=O)Nc1ccc(S(=O)(=O)NC23CC4CC(CC(C4)C2)C3)cc1. The summed E-state index contributed by atoms with van der Waals surface area (Å²) in [4.78, 5) is 12.7. The summed E-state index contributed by atoms with van der Waals surface area (Å²) in [6.45, 7) is 3.39. The number of sulfonamides is 1. The lowest BCUT2D eigenvalue weighted by Gasteiger charge is -2.56. The Morgan fingerprint density at radius 2 is 1.60 bits per heavy atom. The van der Waals surface area contributed by atoms with Gasteiger partial charge in [-0.3, -0.25) is 4.79 Å². The van der Waals surface area contributed by atoms with E-state index in [1.807, 2.05) is 0 Å². The summed E-state index contributed by atoms with van der Waals surface area (Å²) in [5.41, 5.74) is 1.16. The zero-order valence-electron chi connectivity index (χ0n) is 17.3. The molecule has 7 nitrogen and oxygen atoms in total. The van der Waals surface area contributed by atoms with Crippen molar-refractivity contribution in [2.24, 2.45) is 17.8 Å². The van der Waals surface area contributed by atoms with Gasteiger partial charge >= 0.3 is 0 Å². The second-order valence-corrected chi connectivity index (χ2v) is 11.2. The number of benzene rings is 1. The van der Waals surface area contributed by atoms with Gasteiger partial charge in [0.1, 0.15) is 11.3 Å². The minimum Gasteiger partial charge on any atom is -0.361 e. The number of carbonyl (C=O) groups is 1. The first-order chi connectivity index (χ1) is 14.2. The molecule has 2 N–H and O–H groups in total. The number of aromatic nitrogens is 1. The Morgan fingerprint density at radius 3 is 2.10 bits per heavy atom. The van der Waals surface area contributed by atoms with Crippen LogP contribution in [-0.2, 0) is 10.0 Å². The van der Waals surface area contributed by atoms with Crippen LogP contribution in [0, 0.1) is 31.6 Å². The van der Waals surface area contributed by atoms with Gasteiger partial charge in [-0.15, -0.1) is 0 Å². The number of rotatable bonds is 5. The molecule has 1 amide bonds. The van der Waals surface area contributed by atoms with Crippen LogP contribution in [0.1, 0.15) is 60.3 Å². The molecule has 0 unspecified atom stereocenters. The van der Waals surface area contributed by atoms with E-state index in [2.05, 4.69) is 15.2 Å². The maximum Gasteiger partial charge on any atom is 0.261 e. The van der Waals surface area contributed by atoms with E-state index in [0.717, 1.165) is 19.3 Å². The van der Waals surface area contributed by atoms with E-state index >= 15 is 0 Å². The van der Waals surface area contributed by atoms with Crippen molar-refractivity contribution in [2.45, 2.75) is 62.8 Å². The smallest absolute Gasteiger partial charge is 0.261 e. The minimum atomic E-state index is -3.61. The number of nitrogens with one attached hydrogen (secondary N) is 2. The van der Waals surface area contributed by atoms with Crippen LogP contribution in [0.3, 0.4) is 0 Å². The van der Waals surface area contributed by atoms with Gasteiger partial charge in [0.05, 0.1) is 10.6 Å². The van der Waals surface area contributed by atoms with Gasteiger partial charge in [-0.2, -0.15) is 0 Å². The topological polar surface area (TPSA) is 101 Å². The summed E-state index contributed by atoms with van der Waals surface area (Å²) < 4.78 is 34.3. The van der Waals surface area contributed by atoms with E-state index in [9.17, 15) is 13.2 Å². The molecule has 0 spiro atoms. The van der Waals surface area contributed by atoms with Crippen molar-refractivity contribution in [1.82, 2.24) is 9.88 Å². The molecule has 1 heterocycles. The molecule has 4 bridgehead atoms. The molecule has 4 aliphatic rings. The third-order valence-electron chi connectivity index (χ3n) is 7.07. The lowest BCUT2D eigenvalue weighted by Crippen LogP contribution is -2.59. The van der Waals surface area contributed by atoms with Crippen molar-refractivity contribution < 1.29 is 17.7 Å². The highest BCUT2D eigenvalue weighted by Crippen LogP contribution is 2.55. The predicted molar refractivity (Wildman–Crippen MR) is 112 cm³/mol. The molecule has 1 aromatic carbocycles. The quantitative estimate of drug-likeness (QED) is 0.753. The molecule has 0 saturated heterocycles. The van der Waals surface area contributed by atoms with Crippen molar-refractivity contribution in [2.75, 3.05) is 5.32 Å². The normalized spacial score (nSPS) is 29.9. The number of hydrogen-bond donors (Lipinski definition) is 2. The van der Waals surface area contributed by atoms with Gasteiger partial charge < -0.3 is 9.84 Å². The molecular formula is C22H27N3O4S. The van der Waals surface area contributed by atoms with Crippen molar-refractivity contribution >= 4 is 21.6 Å². The standard InChI is InChI=1S/C22H27N3O4S/c1-13-20(14(2)29-24-13)21(26)23-18-3-5-19(6-4-18)30(27,28)25-22-10-15-7-16(11-22)9-17(8-15)12-22/h3-6,15-17,25H,7-12H2,1-2H3,(H,23,26). The van der Waals surface area contributed by atoms with Gasteiger partial charge in [0.25, 0.3) is 5.91 Å². The minimum absolute atomic E-state index is 0.230. The molecule has 8 heteroatoms. The van der Waals surface area contributed by atoms with Crippen LogP contribution in [0.5, 0.6) is 0 Å². The molecule has 4 saturated carbocycles. The van der Waals surface area contributed by atoms with E-state index < -0.39 is 10.0 Å². The molecule has 4 aliphatic carbocycles. The Morgan fingerprint density at radius 1 is 1.03 bits per heavy atom. The fraction of sp³-hybridized carbons (Fsp3) is 0.545. The summed E-state index contributed by atoms with van der Waals surface area (Å²) >= 11 is 0. The first-order valence-corrected chi connectivity index (χ1v) is 12.1. The number of amides is 1. The van der Waals surface area contributed by atoms with Crippen LogP contribution in [0.15, 0.2) is 33.7 Å². The van der Waals surface area contributed by atoms with Gasteiger partial charge in [-0.05, 0) is 94.4 Å². The summed E-state index contributed by atoms with van der Waals surface area (Å²) in [6, 6.07) is 6.33. The molecular weight excluding hydrogens is 402 g/mol. The Hall–Kier alpha value is -2.19. The Balaban J connectivity index is 1.31. The number of anilines is 1. The maximum absolute atomic E-state index is 13.1. The van der Waals surface area contributed by atoms with Gasteiger partial charge in [0, 0.05) is 11.2 Å². The molecule has 30 heavy (non-hydrogen) atoms. The molecule has 1 aromatic heterocycles. The van der Waals surface area contributed by atoms with Crippen LogP contribution < -0.4 is 10.0 Å². The predicted octanol–water partition coefficient (Wildman–Crippen LogP) is 3.79. The van der Waals surface area contributed by atoms with Crippen LogP contribution in [-0.4, -0.2) is 25.0 Å². The summed E-state index contributed by atoms with van der Waals surface area (Å²) in [6.07, 6.45) is 6.68. The number of hydrogen-bond acceptors (Lipinski definition) is 5. The fourth-order valence-corrected chi connectivity index (χ4v) is 7.73. The van der Waals surface area contributed by atoms with Crippen molar-refractivity contribution in [1.29, 1.82) is 0 Å². The fourth-order valence-electron chi connectivity index (χ4n) is 6.30. The monoisotopic (exact) mass is 429 g/mol. The van der Waals surface area contributed by atoms with E-state index in [0.29, 0.717) is 40.5 Å². The summed E-state index contributed by atoms with van der Waals surface area (Å²) in [5.74, 6) is 2.13. The van der Waals surface area contributed by atoms with Crippen molar-refractivity contribution in [3.05, 3.63) is 41.3 Å². The van der Waals surface area contributed by atoms with E-state index in [1.165, 1.54) is 19.3 Å². The van der Waals surface area contributed by atoms with Crippen LogP contribution in [0.25, 0.3) is 0 Å². The van der Waals surface area contributed by atoms with Gasteiger partial charge in [0.15, 0.2) is 0 Å². The third kappa shape index (κ3) is 3.46. The molecule has 0 radical (unpaired) electrons. The molecule has 0 aliphatic heterocycles. The zero-order chi connectivity index (χ0) is 21.1. The first kappa shape index (κ1) is 19.8. The maximum atomic E-state index is 13.1. The Kier molecular flexibility index (Phi) is 4.56. The molecule has 160 valence electrons. The molecule has 4 fully saturated rings. The van der Waals surface area contributed by atoms with Gasteiger partial charge in [-0.1, -0.05) is 5.16 Å². The summed E-state index contributed by atoms with van der Waals surface area (Å²) in [7, 11) is -3.61. The average Bonchev–Trinajstić information content (AvgIpc) is 2.98. The molecule has 2 aromatic rings. The van der Waals surface area contributed by atoms with E-state index in [4.69, 9.17) is 4.52 Å². The lowest BCUT2D eigenvalue weighted by molar-refractivity contribution is -0.00810. The van der Waals surface area contributed by atoms with Crippen LogP contribution in [0.2, 0.25) is 0 Å². The highest BCUT2D eigenvalue weighted by atomic mass is 32.2. The Labute approximate surface area is 176 Å². The highest BCUT2D eigenvalue weighted by Gasteiger charge is 2.52. The third-order valence-corrected chi connectivity index (χ3v) is 8.67. The van der Waals surface area contributed by atoms with Crippen molar-refractivity contribution in [3.8, 4) is 0 Å². The van der Waals surface area contributed by atoms with E-state index in [1.54, 1.807) is 38.1 Å². The van der Waals surface area contributed by atoms with Crippen LogP contribution in [0.4, 0.5) is 5.69 Å². The second-order valence-electron chi connectivity index (χ2n) is 9.48. The number of nitrogens with zero attached hydrogens (tertiary/aromatic N) is 1. The van der Waals surface area contributed by atoms with Crippen molar-refractivity contribution in [3.63, 3.8) is 0 Å². The number of aryl methyl sites for hydroxylation is 2. The highest BCUT2D eigenvalue weighted by molar-refractivity contribution is 7.89. The van der Waals surface area contributed by atoms with Crippen LogP contribution >= 0.6 is 0 Å². The number of carbonyl (C=O) groups excluding carboxylic acids is 1. The first-order valence-electron chi connectivity index (χ1n) is 10.6. The summed E-state index contributed by atoms with van der Waals surface area (Å²) in [5, 5.41) is 6.57. The van der Waals surface area contributed by atoms with Gasteiger partial charge in [0.2, 0.25) is 10.0 Å². The zero-order valence-corrected chi connectivity index (χ0v) is 18.1. The van der Waals surface area contributed by atoms with E-state index in [-0.39, 0.29) is 16.3 Å². The lowest BCUT2D eigenvalue weighted by atomic mass is 9.53. The Bertz CT molecular complexity index is 1030. The largest absolute Gasteiger partial charge is 0.361 e. The second kappa shape index (κ2) is 6.92. The molecule has 0 atom stereocenters. The van der Waals surface area contributed by atoms with Gasteiger partial charge in [-0.25, -0.2) is 13.1 Å². The average molecular weight is 430 g/mol.